The van der Waals surface area contributed by atoms with E-state index in [1.807, 2.05) is 13.8 Å². The lowest BCUT2D eigenvalue weighted by Gasteiger charge is -2.47. The normalized spacial score (nSPS) is 28.9. The van der Waals surface area contributed by atoms with Crippen LogP contribution in [0.2, 0.25) is 0 Å². The fourth-order valence-electron chi connectivity index (χ4n) is 5.14. The van der Waals surface area contributed by atoms with Crippen LogP contribution in [0.5, 0.6) is 0 Å². The van der Waals surface area contributed by atoms with Crippen LogP contribution < -0.4 is 11.1 Å². The van der Waals surface area contributed by atoms with Crippen molar-refractivity contribution >= 4 is 41.3 Å². The van der Waals surface area contributed by atoms with Crippen molar-refractivity contribution in [1.29, 1.82) is 5.41 Å². The number of amides is 2. The Hall–Kier alpha value is -2.60. The summed E-state index contributed by atoms with van der Waals surface area (Å²) in [6.07, 6.45) is 0.734. The van der Waals surface area contributed by atoms with Crippen LogP contribution in [0.25, 0.3) is 0 Å². The first-order valence-electron chi connectivity index (χ1n) is 11.3. The van der Waals surface area contributed by atoms with Crippen molar-refractivity contribution in [1.82, 2.24) is 20.0 Å². The number of fused-ring (bicyclic) bond motifs is 1. The number of guanidine groups is 1. The van der Waals surface area contributed by atoms with Crippen molar-refractivity contribution < 1.29 is 24.3 Å². The Morgan fingerprint density at radius 3 is 2.53 bits per heavy atom. The molecule has 3 heterocycles. The average Bonchev–Trinajstić information content (AvgIpc) is 3.29. The Morgan fingerprint density at radius 2 is 1.97 bits per heavy atom. The predicted molar refractivity (Wildman–Crippen MR) is 128 cm³/mol. The number of nitrogens with two attached hydrogens (primary N) is 1. The lowest BCUT2D eigenvalue weighted by Crippen LogP contribution is -2.62. The van der Waals surface area contributed by atoms with Gasteiger partial charge in [0.1, 0.15) is 5.70 Å². The van der Waals surface area contributed by atoms with Crippen molar-refractivity contribution in [3.05, 3.63) is 10.6 Å². The van der Waals surface area contributed by atoms with Gasteiger partial charge < -0.3 is 30.9 Å². The second-order valence-corrected chi connectivity index (χ2v) is 11.0. The number of thioether (sulfide) groups is 1. The summed E-state index contributed by atoms with van der Waals surface area (Å²) in [7, 11) is 4.96. The molecule has 0 aromatic heterocycles. The summed E-state index contributed by atoms with van der Waals surface area (Å²) in [6, 6.07) is -0.605. The molecule has 3 aliphatic heterocycles. The fraction of sp³-hybridized carbons (Fsp3) is 0.682. The van der Waals surface area contributed by atoms with Crippen LogP contribution in [0.4, 0.5) is 0 Å². The van der Waals surface area contributed by atoms with Crippen LogP contribution in [-0.2, 0) is 19.2 Å². The number of likely N-dealkylation sites (N-methyl/N-ethyl adjacent to an activating group) is 2. The third-order valence-corrected chi connectivity index (χ3v) is 8.41. The summed E-state index contributed by atoms with van der Waals surface area (Å²) in [5, 5.41) is 20.5. The molecule has 11 nitrogen and oxygen atoms in total. The molecule has 5 N–H and O–H groups in total. The van der Waals surface area contributed by atoms with Crippen molar-refractivity contribution in [3.8, 4) is 0 Å². The summed E-state index contributed by atoms with van der Waals surface area (Å²) in [5.41, 5.74) is 5.42. The number of hydrogen-bond donors (Lipinski definition) is 4. The zero-order chi connectivity index (χ0) is 25.5. The van der Waals surface area contributed by atoms with Crippen LogP contribution in [0, 0.1) is 23.2 Å². The Labute approximate surface area is 203 Å². The lowest BCUT2D eigenvalue weighted by molar-refractivity contribution is -0.160. The van der Waals surface area contributed by atoms with E-state index in [-0.39, 0.29) is 71.4 Å². The molecule has 3 aliphatic rings. The highest BCUT2D eigenvalue weighted by Gasteiger charge is 2.60. The second kappa shape index (κ2) is 9.95. The Kier molecular flexibility index (Phi) is 7.61. The highest BCUT2D eigenvalue weighted by Crippen LogP contribution is 2.53. The molecule has 0 radical (unpaired) electrons. The smallest absolute Gasteiger partial charge is 0.353 e. The maximum atomic E-state index is 13.0. The molecular formula is C22H34N6O5S. The van der Waals surface area contributed by atoms with E-state index >= 15 is 0 Å². The predicted octanol–water partition coefficient (Wildman–Crippen LogP) is -0.268. The van der Waals surface area contributed by atoms with Gasteiger partial charge >= 0.3 is 5.97 Å². The third-order valence-electron chi connectivity index (χ3n) is 6.90. The summed E-state index contributed by atoms with van der Waals surface area (Å²) in [4.78, 5) is 54.8. The first kappa shape index (κ1) is 26.0. The minimum atomic E-state index is -1.14. The zero-order valence-electron chi connectivity index (χ0n) is 20.2. The van der Waals surface area contributed by atoms with Gasteiger partial charge in [0.05, 0.1) is 24.5 Å². The molecule has 6 atom stereocenters. The number of nitrogens with zero attached hydrogens (tertiary/aromatic N) is 3. The molecule has 0 unspecified atom stereocenters. The summed E-state index contributed by atoms with van der Waals surface area (Å²) >= 11 is 1.44. The van der Waals surface area contributed by atoms with Crippen molar-refractivity contribution in [2.75, 3.05) is 34.2 Å². The molecule has 12 heteroatoms. The number of ketones is 1. The van der Waals surface area contributed by atoms with Gasteiger partial charge in [-0.25, -0.2) is 4.79 Å². The van der Waals surface area contributed by atoms with Crippen LogP contribution in [0.3, 0.4) is 0 Å². The molecule has 34 heavy (non-hydrogen) atoms. The number of carboxylic acid groups (broad SMARTS) is 1. The van der Waals surface area contributed by atoms with Gasteiger partial charge in [-0.05, 0) is 12.3 Å². The van der Waals surface area contributed by atoms with E-state index in [0.717, 1.165) is 0 Å². The van der Waals surface area contributed by atoms with Crippen LogP contribution in [-0.4, -0.2) is 101 Å². The number of β-lactam (4-membered cyclic amide) rings is 1. The molecule has 0 aliphatic carbocycles. The van der Waals surface area contributed by atoms with Gasteiger partial charge in [0, 0.05) is 50.2 Å². The number of nitrogens with one attached hydrogen (secondary N) is 2. The molecule has 0 saturated carbocycles. The highest BCUT2D eigenvalue weighted by atomic mass is 32.2. The van der Waals surface area contributed by atoms with Crippen molar-refractivity contribution in [2.45, 2.75) is 44.0 Å². The van der Waals surface area contributed by atoms with E-state index in [1.165, 1.54) is 26.5 Å². The Bertz CT molecular complexity index is 937. The molecule has 0 aromatic carbocycles. The molecule has 0 aromatic rings. The number of carboxylic acids is 1. The standard InChI is InChI=1S/C22H34N6O5S/c1-10(6-12(29)9-27(5)22(23)24)15-16-11(2)18(17(21(32)33)28(16)20(15)31)34-13-7-14(25-8-13)19(30)26(3)4/h10-11,13-16,25H,6-9H2,1-5H3,(H3,23,24)(H,32,33)/t10-,11+,13-,14-,15+,16+/m0/s1. The monoisotopic (exact) mass is 494 g/mol. The van der Waals surface area contributed by atoms with Crippen molar-refractivity contribution in [2.24, 2.45) is 23.5 Å². The zero-order valence-corrected chi connectivity index (χ0v) is 21.0. The summed E-state index contributed by atoms with van der Waals surface area (Å²) in [6.45, 7) is 4.33. The number of hydrogen-bond acceptors (Lipinski definition) is 7. The summed E-state index contributed by atoms with van der Waals surface area (Å²) in [5.74, 6) is -2.64. The van der Waals surface area contributed by atoms with E-state index in [9.17, 15) is 24.3 Å². The molecular weight excluding hydrogens is 460 g/mol. The molecule has 188 valence electrons. The van der Waals surface area contributed by atoms with Crippen LogP contribution >= 0.6 is 11.8 Å². The van der Waals surface area contributed by atoms with Crippen molar-refractivity contribution in [3.63, 3.8) is 0 Å². The number of rotatable bonds is 9. The number of carbonyl (C=O) groups excluding carboxylic acids is 3. The minimum absolute atomic E-state index is 0.00817. The number of aliphatic carboxylic acids is 1. The molecule has 0 spiro atoms. The second-order valence-electron chi connectivity index (χ2n) is 9.66. The third kappa shape index (κ3) is 4.78. The molecule has 0 bridgehead atoms. The Balaban J connectivity index is 1.70. The summed E-state index contributed by atoms with van der Waals surface area (Å²) < 4.78 is 0. The maximum absolute atomic E-state index is 13.0. The van der Waals surface area contributed by atoms with Gasteiger partial charge in [-0.2, -0.15) is 0 Å². The van der Waals surface area contributed by atoms with Gasteiger partial charge in [-0.1, -0.05) is 13.8 Å². The van der Waals surface area contributed by atoms with E-state index in [2.05, 4.69) is 5.32 Å². The van der Waals surface area contributed by atoms with Gasteiger partial charge in [-0.3, -0.25) is 19.8 Å². The quantitative estimate of drug-likeness (QED) is 0.192. The number of carbonyl (C=O) groups is 4. The van der Waals surface area contributed by atoms with Crippen LogP contribution in [0.15, 0.2) is 10.6 Å². The van der Waals surface area contributed by atoms with Gasteiger partial charge in [0.25, 0.3) is 0 Å². The minimum Gasteiger partial charge on any atom is -0.477 e. The SMILES string of the molecule is C[C@@H](CC(=O)CN(C)C(=N)N)[C@H]1C(=O)N2C(C(=O)O)=C(S[C@@H]3CN[C@H](C(=O)N(C)C)C3)[C@H](C)[C@H]12. The molecule has 2 fully saturated rings. The maximum Gasteiger partial charge on any atom is 0.353 e. The molecule has 2 saturated heterocycles. The fourth-order valence-corrected chi connectivity index (χ4v) is 6.62. The Morgan fingerprint density at radius 1 is 1.32 bits per heavy atom. The molecule has 3 rings (SSSR count). The first-order chi connectivity index (χ1) is 15.8. The molecule has 2 amide bonds. The van der Waals surface area contributed by atoms with E-state index in [4.69, 9.17) is 11.1 Å². The topological polar surface area (TPSA) is 160 Å². The van der Waals surface area contributed by atoms with E-state index in [0.29, 0.717) is 17.9 Å². The van der Waals surface area contributed by atoms with E-state index < -0.39 is 11.9 Å². The average molecular weight is 495 g/mol. The largest absolute Gasteiger partial charge is 0.477 e. The van der Waals surface area contributed by atoms with Gasteiger partial charge in [0.15, 0.2) is 11.7 Å². The van der Waals surface area contributed by atoms with Crippen LogP contribution in [0.1, 0.15) is 26.7 Å². The highest BCUT2D eigenvalue weighted by molar-refractivity contribution is 8.03. The van der Waals surface area contributed by atoms with Gasteiger partial charge in [0.2, 0.25) is 11.8 Å². The van der Waals surface area contributed by atoms with Gasteiger partial charge in [-0.15, -0.1) is 11.8 Å². The number of Topliss-reactive ketones (excluding diaryl/α,β-unsaturated/α-hetero) is 1. The first-order valence-corrected chi connectivity index (χ1v) is 12.2. The lowest BCUT2D eigenvalue weighted by atomic mass is 9.73. The van der Waals surface area contributed by atoms with E-state index in [1.54, 1.807) is 21.1 Å².